The molecule has 1 saturated carbocycles. The Bertz CT molecular complexity index is 213. The molecule has 1 aliphatic carbocycles. The lowest BCUT2D eigenvalue weighted by molar-refractivity contribution is -0.145. The number of ketones is 1. The summed E-state index contributed by atoms with van der Waals surface area (Å²) in [6.45, 7) is 6.23. The minimum Gasteiger partial charge on any atom is -0.367 e. The van der Waals surface area contributed by atoms with Crippen LogP contribution in [0.15, 0.2) is 12.7 Å². The Morgan fingerprint density at radius 2 is 1.93 bits per heavy atom. The van der Waals surface area contributed by atoms with Crippen LogP contribution >= 0.6 is 0 Å². The highest BCUT2D eigenvalue weighted by Gasteiger charge is 2.37. The van der Waals surface area contributed by atoms with E-state index in [1.165, 1.54) is 12.8 Å². The highest BCUT2D eigenvalue weighted by Crippen LogP contribution is 2.32. The Labute approximate surface area is 92.7 Å². The van der Waals surface area contributed by atoms with Gasteiger partial charge in [0.25, 0.3) is 0 Å². The SMILES string of the molecule is C=CCC(=O)C1(OCC)CCCCCC1. The van der Waals surface area contributed by atoms with Crippen LogP contribution in [-0.4, -0.2) is 18.0 Å². The fourth-order valence-electron chi connectivity index (χ4n) is 2.40. The lowest BCUT2D eigenvalue weighted by atomic mass is 9.87. The number of Topliss-reactive ketones (excluding diaryl/α,β-unsaturated/α-hetero) is 1. The molecular weight excluding hydrogens is 188 g/mol. The number of hydrogen-bond acceptors (Lipinski definition) is 2. The lowest BCUT2D eigenvalue weighted by Gasteiger charge is -2.30. The van der Waals surface area contributed by atoms with E-state index in [-0.39, 0.29) is 5.78 Å². The maximum Gasteiger partial charge on any atom is 0.168 e. The first-order valence-electron chi connectivity index (χ1n) is 6.03. The van der Waals surface area contributed by atoms with Crippen LogP contribution in [0.25, 0.3) is 0 Å². The van der Waals surface area contributed by atoms with Crippen LogP contribution in [0.2, 0.25) is 0 Å². The van der Waals surface area contributed by atoms with Crippen molar-refractivity contribution in [2.45, 2.75) is 57.5 Å². The van der Waals surface area contributed by atoms with E-state index in [2.05, 4.69) is 6.58 Å². The van der Waals surface area contributed by atoms with Crippen LogP contribution in [0.4, 0.5) is 0 Å². The smallest absolute Gasteiger partial charge is 0.168 e. The van der Waals surface area contributed by atoms with Crippen LogP contribution in [0.3, 0.4) is 0 Å². The highest BCUT2D eigenvalue weighted by atomic mass is 16.5. The Morgan fingerprint density at radius 1 is 1.33 bits per heavy atom. The van der Waals surface area contributed by atoms with Crippen molar-refractivity contribution in [3.05, 3.63) is 12.7 Å². The van der Waals surface area contributed by atoms with E-state index in [1.54, 1.807) is 6.08 Å². The first kappa shape index (κ1) is 12.4. The predicted octanol–water partition coefficient (Wildman–Crippen LogP) is 3.26. The number of allylic oxidation sites excluding steroid dienone is 1. The van der Waals surface area contributed by atoms with Crippen molar-refractivity contribution in [2.75, 3.05) is 6.61 Å². The second kappa shape index (κ2) is 6.06. The van der Waals surface area contributed by atoms with Gasteiger partial charge in [0.1, 0.15) is 5.60 Å². The number of carbonyl (C=O) groups excluding carboxylic acids is 1. The van der Waals surface area contributed by atoms with E-state index in [0.717, 1.165) is 25.7 Å². The third-order valence-corrected chi connectivity index (χ3v) is 3.17. The summed E-state index contributed by atoms with van der Waals surface area (Å²) in [6.07, 6.45) is 8.62. The van der Waals surface area contributed by atoms with Gasteiger partial charge in [-0.1, -0.05) is 31.8 Å². The van der Waals surface area contributed by atoms with E-state index >= 15 is 0 Å². The molecule has 0 aromatic rings. The Morgan fingerprint density at radius 3 is 2.40 bits per heavy atom. The van der Waals surface area contributed by atoms with Crippen molar-refractivity contribution in [2.24, 2.45) is 0 Å². The normalized spacial score (nSPS) is 20.6. The molecule has 0 aromatic heterocycles. The minimum absolute atomic E-state index is 0.223. The average molecular weight is 210 g/mol. The number of hydrogen-bond donors (Lipinski definition) is 0. The fraction of sp³-hybridized carbons (Fsp3) is 0.769. The maximum absolute atomic E-state index is 12.1. The number of carbonyl (C=O) groups is 1. The predicted molar refractivity (Wildman–Crippen MR) is 61.9 cm³/mol. The molecule has 0 aromatic carbocycles. The standard InChI is InChI=1S/C13H22O2/c1-3-9-12(14)13(15-4-2)10-7-5-6-8-11-13/h3H,1,4-11H2,2H3. The van der Waals surface area contributed by atoms with Crippen molar-refractivity contribution < 1.29 is 9.53 Å². The van der Waals surface area contributed by atoms with Gasteiger partial charge in [-0.05, 0) is 19.8 Å². The summed E-state index contributed by atoms with van der Waals surface area (Å²) < 4.78 is 5.77. The lowest BCUT2D eigenvalue weighted by Crippen LogP contribution is -2.41. The van der Waals surface area contributed by atoms with Gasteiger partial charge in [0, 0.05) is 13.0 Å². The molecule has 0 aliphatic heterocycles. The van der Waals surface area contributed by atoms with E-state index < -0.39 is 5.60 Å². The van der Waals surface area contributed by atoms with Gasteiger partial charge >= 0.3 is 0 Å². The molecule has 2 nitrogen and oxygen atoms in total. The summed E-state index contributed by atoms with van der Waals surface area (Å²) in [4.78, 5) is 12.1. The summed E-state index contributed by atoms with van der Waals surface area (Å²) >= 11 is 0. The molecule has 15 heavy (non-hydrogen) atoms. The van der Waals surface area contributed by atoms with Crippen molar-refractivity contribution in [1.82, 2.24) is 0 Å². The summed E-state index contributed by atoms with van der Waals surface area (Å²) in [5.74, 6) is 0.223. The van der Waals surface area contributed by atoms with Crippen LogP contribution in [0.1, 0.15) is 51.9 Å². The third kappa shape index (κ3) is 3.16. The Balaban J connectivity index is 2.73. The van der Waals surface area contributed by atoms with E-state index in [4.69, 9.17) is 4.74 Å². The zero-order valence-electron chi connectivity index (χ0n) is 9.76. The molecule has 1 aliphatic rings. The molecule has 1 rings (SSSR count). The van der Waals surface area contributed by atoms with Gasteiger partial charge in [0.2, 0.25) is 0 Å². The van der Waals surface area contributed by atoms with Gasteiger partial charge in [-0.2, -0.15) is 0 Å². The van der Waals surface area contributed by atoms with Crippen LogP contribution in [0.5, 0.6) is 0 Å². The third-order valence-electron chi connectivity index (χ3n) is 3.17. The first-order chi connectivity index (χ1) is 7.25. The molecule has 0 radical (unpaired) electrons. The van der Waals surface area contributed by atoms with Gasteiger partial charge < -0.3 is 4.74 Å². The molecule has 0 unspecified atom stereocenters. The minimum atomic E-state index is -0.487. The molecule has 1 fully saturated rings. The van der Waals surface area contributed by atoms with Crippen molar-refractivity contribution >= 4 is 5.78 Å². The second-order valence-corrected chi connectivity index (χ2v) is 4.26. The van der Waals surface area contributed by atoms with Gasteiger partial charge in [0.15, 0.2) is 5.78 Å². The second-order valence-electron chi connectivity index (χ2n) is 4.26. The molecule has 0 heterocycles. The first-order valence-corrected chi connectivity index (χ1v) is 6.03. The Kier molecular flexibility index (Phi) is 5.03. The average Bonchev–Trinajstić information content (AvgIpc) is 2.45. The van der Waals surface area contributed by atoms with Crippen LogP contribution in [0, 0.1) is 0 Å². The molecular formula is C13H22O2. The van der Waals surface area contributed by atoms with Crippen LogP contribution < -0.4 is 0 Å². The van der Waals surface area contributed by atoms with E-state index in [9.17, 15) is 4.79 Å². The quantitative estimate of drug-likeness (QED) is 0.514. The van der Waals surface area contributed by atoms with Crippen molar-refractivity contribution in [3.8, 4) is 0 Å². The van der Waals surface area contributed by atoms with Crippen molar-refractivity contribution in [3.63, 3.8) is 0 Å². The van der Waals surface area contributed by atoms with Gasteiger partial charge in [-0.3, -0.25) is 4.79 Å². The zero-order chi connectivity index (χ0) is 11.1. The molecule has 0 amide bonds. The maximum atomic E-state index is 12.1. The molecule has 2 heteroatoms. The topological polar surface area (TPSA) is 26.3 Å². The van der Waals surface area contributed by atoms with E-state index in [1.807, 2.05) is 6.92 Å². The fourth-order valence-corrected chi connectivity index (χ4v) is 2.40. The van der Waals surface area contributed by atoms with Gasteiger partial charge in [0.05, 0.1) is 0 Å². The van der Waals surface area contributed by atoms with Crippen molar-refractivity contribution in [1.29, 1.82) is 0 Å². The molecule has 86 valence electrons. The summed E-state index contributed by atoms with van der Waals surface area (Å²) in [7, 11) is 0. The van der Waals surface area contributed by atoms with Gasteiger partial charge in [-0.15, -0.1) is 6.58 Å². The molecule has 0 bridgehead atoms. The monoisotopic (exact) mass is 210 g/mol. The van der Waals surface area contributed by atoms with E-state index in [0.29, 0.717) is 13.0 Å². The number of rotatable bonds is 5. The summed E-state index contributed by atoms with van der Waals surface area (Å²) in [6, 6.07) is 0. The summed E-state index contributed by atoms with van der Waals surface area (Å²) in [5, 5.41) is 0. The van der Waals surface area contributed by atoms with Gasteiger partial charge in [-0.25, -0.2) is 0 Å². The Hall–Kier alpha value is -0.630. The zero-order valence-corrected chi connectivity index (χ0v) is 9.76. The molecule has 0 spiro atoms. The molecule has 0 atom stereocenters. The molecule has 0 N–H and O–H groups in total. The van der Waals surface area contributed by atoms with Crippen LogP contribution in [-0.2, 0) is 9.53 Å². The largest absolute Gasteiger partial charge is 0.367 e. The number of ether oxygens (including phenoxy) is 1. The molecule has 0 saturated heterocycles. The summed E-state index contributed by atoms with van der Waals surface area (Å²) in [5.41, 5.74) is -0.487. The highest BCUT2D eigenvalue weighted by molar-refractivity contribution is 5.88.